The predicted octanol–water partition coefficient (Wildman–Crippen LogP) is 4.17. The fraction of sp³-hybridized carbons (Fsp3) is 0.130. The summed E-state index contributed by atoms with van der Waals surface area (Å²) < 4.78 is 11.0. The van der Waals surface area contributed by atoms with E-state index in [4.69, 9.17) is 15.2 Å². The van der Waals surface area contributed by atoms with Crippen molar-refractivity contribution in [3.05, 3.63) is 71.8 Å². The molecule has 0 heterocycles. The molecule has 1 amide bonds. The summed E-state index contributed by atoms with van der Waals surface area (Å²) in [6, 6.07) is 21.4. The van der Waals surface area contributed by atoms with E-state index in [1.165, 1.54) is 0 Å². The van der Waals surface area contributed by atoms with Gasteiger partial charge in [-0.1, -0.05) is 48.5 Å². The molecule has 0 radical (unpaired) electrons. The number of nitrogens with two attached hydrogens (primary N) is 1. The summed E-state index contributed by atoms with van der Waals surface area (Å²) in [6.45, 7) is 2.07. The maximum atomic E-state index is 11.0. The van der Waals surface area contributed by atoms with Crippen molar-refractivity contribution in [3.8, 4) is 17.6 Å². The van der Waals surface area contributed by atoms with Crippen LogP contribution in [0.3, 0.4) is 0 Å². The van der Waals surface area contributed by atoms with Gasteiger partial charge in [0, 0.05) is 5.56 Å². The summed E-state index contributed by atoms with van der Waals surface area (Å²) in [5.74, 6) is 0.364. The molecule has 0 aliphatic carbocycles. The van der Waals surface area contributed by atoms with Crippen LogP contribution < -0.4 is 15.2 Å². The number of rotatable bonds is 7. The molecule has 0 aliphatic rings. The number of nitriles is 1. The minimum absolute atomic E-state index is 0.227. The van der Waals surface area contributed by atoms with Gasteiger partial charge in [-0.05, 0) is 41.5 Å². The van der Waals surface area contributed by atoms with Crippen LogP contribution in [-0.4, -0.2) is 19.1 Å². The zero-order valence-corrected chi connectivity index (χ0v) is 15.5. The Labute approximate surface area is 163 Å². The van der Waals surface area contributed by atoms with Gasteiger partial charge >= 0.3 is 0 Å². The van der Waals surface area contributed by atoms with E-state index in [2.05, 4.69) is 6.07 Å². The zero-order valence-electron chi connectivity index (χ0n) is 15.5. The average Bonchev–Trinajstić information content (AvgIpc) is 2.71. The Hall–Kier alpha value is -3.78. The van der Waals surface area contributed by atoms with Gasteiger partial charge in [0.05, 0.1) is 18.2 Å². The third-order valence-electron chi connectivity index (χ3n) is 4.15. The number of benzene rings is 3. The third kappa shape index (κ3) is 4.30. The van der Waals surface area contributed by atoms with Gasteiger partial charge in [0.1, 0.15) is 0 Å². The molecule has 0 spiro atoms. The van der Waals surface area contributed by atoms with E-state index in [1.54, 1.807) is 18.2 Å². The highest BCUT2D eigenvalue weighted by Crippen LogP contribution is 2.31. The molecule has 0 saturated heterocycles. The second-order valence-corrected chi connectivity index (χ2v) is 6.09. The molecular weight excluding hydrogens is 352 g/mol. The molecular formula is C23H20N2O3. The van der Waals surface area contributed by atoms with Crippen LogP contribution >= 0.6 is 0 Å². The number of primary amides is 1. The summed E-state index contributed by atoms with van der Waals surface area (Å²) in [4.78, 5) is 11.0. The molecule has 5 nitrogen and oxygen atoms in total. The zero-order chi connectivity index (χ0) is 19.9. The van der Waals surface area contributed by atoms with E-state index < -0.39 is 5.91 Å². The van der Waals surface area contributed by atoms with Crippen LogP contribution in [0.4, 0.5) is 0 Å². The summed E-state index contributed by atoms with van der Waals surface area (Å²) in [7, 11) is 0. The fourth-order valence-corrected chi connectivity index (χ4v) is 2.95. The Morgan fingerprint density at radius 3 is 2.61 bits per heavy atom. The van der Waals surface area contributed by atoms with Crippen molar-refractivity contribution < 1.29 is 14.3 Å². The SMILES string of the molecule is CCOc1cc(/C=C(\C#N)c2cccc3ccccc23)ccc1OCC(N)=O. The van der Waals surface area contributed by atoms with E-state index in [0.29, 0.717) is 23.7 Å². The second kappa shape index (κ2) is 8.74. The van der Waals surface area contributed by atoms with Crippen LogP contribution in [0.5, 0.6) is 11.5 Å². The minimum Gasteiger partial charge on any atom is -0.490 e. The highest BCUT2D eigenvalue weighted by atomic mass is 16.5. The van der Waals surface area contributed by atoms with Crippen LogP contribution in [0.1, 0.15) is 18.1 Å². The van der Waals surface area contributed by atoms with Gasteiger partial charge in [0.15, 0.2) is 18.1 Å². The third-order valence-corrected chi connectivity index (χ3v) is 4.15. The summed E-state index contributed by atoms with van der Waals surface area (Å²) in [5.41, 5.74) is 7.34. The molecule has 0 unspecified atom stereocenters. The van der Waals surface area contributed by atoms with E-state index in [-0.39, 0.29) is 6.61 Å². The Morgan fingerprint density at radius 2 is 1.86 bits per heavy atom. The lowest BCUT2D eigenvalue weighted by Crippen LogP contribution is -2.20. The lowest BCUT2D eigenvalue weighted by molar-refractivity contribution is -0.119. The molecule has 2 N–H and O–H groups in total. The fourth-order valence-electron chi connectivity index (χ4n) is 2.95. The Morgan fingerprint density at radius 1 is 1.07 bits per heavy atom. The van der Waals surface area contributed by atoms with Gasteiger partial charge in [0.2, 0.25) is 0 Å². The summed E-state index contributed by atoms with van der Waals surface area (Å²) in [5, 5.41) is 11.8. The van der Waals surface area contributed by atoms with E-state index >= 15 is 0 Å². The second-order valence-electron chi connectivity index (χ2n) is 6.09. The number of fused-ring (bicyclic) bond motifs is 1. The minimum atomic E-state index is -0.561. The molecule has 28 heavy (non-hydrogen) atoms. The average molecular weight is 372 g/mol. The van der Waals surface area contributed by atoms with Crippen molar-refractivity contribution in [1.29, 1.82) is 5.26 Å². The van der Waals surface area contributed by atoms with E-state index in [1.807, 2.05) is 55.5 Å². The first-order valence-electron chi connectivity index (χ1n) is 8.90. The van der Waals surface area contributed by atoms with Crippen molar-refractivity contribution in [1.82, 2.24) is 0 Å². The van der Waals surface area contributed by atoms with Crippen LogP contribution in [0, 0.1) is 11.3 Å². The number of allylic oxidation sites excluding steroid dienone is 1. The number of hydrogen-bond acceptors (Lipinski definition) is 4. The van der Waals surface area contributed by atoms with Gasteiger partial charge in [0.25, 0.3) is 5.91 Å². The first-order valence-corrected chi connectivity index (χ1v) is 8.90. The molecule has 0 atom stereocenters. The van der Waals surface area contributed by atoms with Crippen LogP contribution in [-0.2, 0) is 4.79 Å². The monoisotopic (exact) mass is 372 g/mol. The molecule has 3 aromatic rings. The van der Waals surface area contributed by atoms with Gasteiger partial charge in [-0.3, -0.25) is 4.79 Å². The number of nitrogens with zero attached hydrogens (tertiary/aromatic N) is 1. The normalized spacial score (nSPS) is 11.1. The molecule has 0 aromatic heterocycles. The van der Waals surface area contributed by atoms with Crippen molar-refractivity contribution in [2.45, 2.75) is 6.92 Å². The molecule has 0 bridgehead atoms. The first kappa shape index (κ1) is 19.0. The maximum Gasteiger partial charge on any atom is 0.255 e. The number of carbonyl (C=O) groups excluding carboxylic acids is 1. The van der Waals surface area contributed by atoms with E-state index in [9.17, 15) is 10.1 Å². The molecule has 5 heteroatoms. The largest absolute Gasteiger partial charge is 0.490 e. The van der Waals surface area contributed by atoms with E-state index in [0.717, 1.165) is 21.9 Å². The van der Waals surface area contributed by atoms with Gasteiger partial charge in [-0.2, -0.15) is 5.26 Å². The Bertz CT molecular complexity index is 1080. The highest BCUT2D eigenvalue weighted by Gasteiger charge is 2.10. The maximum absolute atomic E-state index is 11.0. The van der Waals surface area contributed by atoms with Crippen molar-refractivity contribution in [2.75, 3.05) is 13.2 Å². The van der Waals surface area contributed by atoms with Crippen LogP contribution in [0.15, 0.2) is 60.7 Å². The van der Waals surface area contributed by atoms with Crippen molar-refractivity contribution in [2.24, 2.45) is 5.73 Å². The Balaban J connectivity index is 2.01. The molecule has 3 aromatic carbocycles. The first-order chi connectivity index (χ1) is 13.6. The predicted molar refractivity (Wildman–Crippen MR) is 110 cm³/mol. The summed E-state index contributed by atoms with van der Waals surface area (Å²) in [6.07, 6.45) is 1.81. The van der Waals surface area contributed by atoms with Gasteiger partial charge < -0.3 is 15.2 Å². The lowest BCUT2D eigenvalue weighted by Gasteiger charge is -2.12. The van der Waals surface area contributed by atoms with Gasteiger partial charge in [-0.15, -0.1) is 0 Å². The van der Waals surface area contributed by atoms with Crippen LogP contribution in [0.2, 0.25) is 0 Å². The molecule has 140 valence electrons. The quantitative estimate of drug-likeness (QED) is 0.498. The lowest BCUT2D eigenvalue weighted by atomic mass is 9.97. The van der Waals surface area contributed by atoms with Crippen molar-refractivity contribution in [3.63, 3.8) is 0 Å². The Kier molecular flexibility index (Phi) is 5.93. The molecule has 0 aliphatic heterocycles. The number of amides is 1. The topological polar surface area (TPSA) is 85.3 Å². The molecule has 0 fully saturated rings. The smallest absolute Gasteiger partial charge is 0.255 e. The molecule has 3 rings (SSSR count). The molecule has 0 saturated carbocycles. The van der Waals surface area contributed by atoms with Crippen LogP contribution in [0.25, 0.3) is 22.4 Å². The number of ether oxygens (including phenoxy) is 2. The number of hydrogen-bond donors (Lipinski definition) is 1. The number of carbonyl (C=O) groups is 1. The standard InChI is InChI=1S/C23H20N2O3/c1-2-27-22-13-16(10-11-21(22)28-15-23(25)26)12-18(14-24)20-9-5-7-17-6-3-4-8-19(17)20/h3-13H,2,15H2,1H3,(H2,25,26)/b18-12+. The highest BCUT2D eigenvalue weighted by molar-refractivity contribution is 6.01. The van der Waals surface area contributed by atoms with Crippen molar-refractivity contribution >= 4 is 28.3 Å². The summed E-state index contributed by atoms with van der Waals surface area (Å²) >= 11 is 0. The van der Waals surface area contributed by atoms with Gasteiger partial charge in [-0.25, -0.2) is 0 Å².